The van der Waals surface area contributed by atoms with Crippen LogP contribution in [-0.2, 0) is 0 Å². The Bertz CT molecular complexity index is 536. The summed E-state index contributed by atoms with van der Waals surface area (Å²) in [5, 5.41) is 15.2. The predicted molar refractivity (Wildman–Crippen MR) is 75.4 cm³/mol. The summed E-state index contributed by atoms with van der Waals surface area (Å²) in [6, 6.07) is 5.63. The number of nitrogens with one attached hydrogen (secondary N) is 3. The van der Waals surface area contributed by atoms with Crippen LogP contribution in [0, 0.1) is 5.41 Å². The van der Waals surface area contributed by atoms with E-state index in [1.54, 1.807) is 0 Å². The number of benzene rings is 1. The number of amidine groups is 2. The number of nitrogens with zero attached hydrogens (tertiary/aromatic N) is 2. The summed E-state index contributed by atoms with van der Waals surface area (Å²) in [7, 11) is 0. The summed E-state index contributed by atoms with van der Waals surface area (Å²) in [5.74, 6) is 0.259. The van der Waals surface area contributed by atoms with Gasteiger partial charge in [-0.25, -0.2) is 0 Å². The number of anilines is 1. The van der Waals surface area contributed by atoms with Crippen LogP contribution in [0.3, 0.4) is 0 Å². The van der Waals surface area contributed by atoms with Gasteiger partial charge in [0.05, 0.1) is 5.69 Å². The van der Waals surface area contributed by atoms with Gasteiger partial charge in [-0.05, 0) is 34.1 Å². The van der Waals surface area contributed by atoms with Crippen LogP contribution in [0.4, 0.5) is 5.69 Å². The van der Waals surface area contributed by atoms with Gasteiger partial charge < -0.3 is 5.73 Å². The van der Waals surface area contributed by atoms with Crippen LogP contribution in [0.25, 0.3) is 0 Å². The smallest absolute Gasteiger partial charge is 0.175 e. The molecule has 1 heterocycles. The van der Waals surface area contributed by atoms with Crippen molar-refractivity contribution in [1.29, 1.82) is 5.41 Å². The van der Waals surface area contributed by atoms with E-state index in [1.165, 1.54) is 0 Å². The molecule has 88 valence electrons. The maximum absolute atomic E-state index is 7.50. The molecular formula is C9H8Br2N6. The van der Waals surface area contributed by atoms with Gasteiger partial charge >= 0.3 is 0 Å². The Morgan fingerprint density at radius 1 is 1.41 bits per heavy atom. The van der Waals surface area contributed by atoms with Crippen molar-refractivity contribution in [3.63, 3.8) is 0 Å². The van der Waals surface area contributed by atoms with E-state index >= 15 is 0 Å². The molecule has 8 heteroatoms. The molecule has 1 aromatic rings. The summed E-state index contributed by atoms with van der Waals surface area (Å²) in [6.45, 7) is 0. The predicted octanol–water partition coefficient (Wildman–Crippen LogP) is 1.83. The molecule has 5 N–H and O–H groups in total. The third-order valence-corrected chi connectivity index (χ3v) is 3.17. The standard InChI is InChI=1S/C9H8Br2N6/c10-4-1-2-5(11)6(3-4)14-15-7-8(12)16-17-9(7)13/h1-3,14H,(H4,12,13,15,16,17). The van der Waals surface area contributed by atoms with Crippen LogP contribution in [0.1, 0.15) is 0 Å². The SMILES string of the molecule is N=C1NN=C(N)/C1=N/Nc1cc(Br)ccc1Br. The number of halogens is 2. The highest BCUT2D eigenvalue weighted by atomic mass is 79.9. The third kappa shape index (κ3) is 2.64. The van der Waals surface area contributed by atoms with E-state index in [4.69, 9.17) is 11.1 Å². The molecule has 0 unspecified atom stereocenters. The minimum Gasteiger partial charge on any atom is -0.380 e. The van der Waals surface area contributed by atoms with E-state index in [1.807, 2.05) is 18.2 Å². The fourth-order valence-electron chi connectivity index (χ4n) is 1.16. The average Bonchev–Trinajstić information content (AvgIpc) is 2.61. The lowest BCUT2D eigenvalue weighted by molar-refractivity contribution is 1.04. The molecule has 0 saturated carbocycles. The average molecular weight is 360 g/mol. The number of nitrogens with two attached hydrogens (primary N) is 1. The first-order chi connectivity index (χ1) is 8.08. The van der Waals surface area contributed by atoms with Gasteiger partial charge in [0.25, 0.3) is 0 Å². The fraction of sp³-hybridized carbons (Fsp3) is 0. The molecule has 1 aromatic carbocycles. The minimum atomic E-state index is 0.0705. The number of hydrogen-bond acceptors (Lipinski definition) is 5. The van der Waals surface area contributed by atoms with Gasteiger partial charge in [-0.3, -0.25) is 16.3 Å². The third-order valence-electron chi connectivity index (χ3n) is 1.98. The van der Waals surface area contributed by atoms with Gasteiger partial charge in [0.2, 0.25) is 0 Å². The molecule has 0 radical (unpaired) electrons. The van der Waals surface area contributed by atoms with Crippen LogP contribution in [0.15, 0.2) is 37.3 Å². The van der Waals surface area contributed by atoms with Gasteiger partial charge in [-0.15, -0.1) is 0 Å². The van der Waals surface area contributed by atoms with E-state index in [9.17, 15) is 0 Å². The van der Waals surface area contributed by atoms with E-state index in [2.05, 4.69) is 52.9 Å². The highest BCUT2D eigenvalue weighted by Crippen LogP contribution is 2.26. The Morgan fingerprint density at radius 3 is 2.82 bits per heavy atom. The maximum atomic E-state index is 7.50. The zero-order valence-electron chi connectivity index (χ0n) is 8.46. The van der Waals surface area contributed by atoms with Crippen LogP contribution >= 0.6 is 31.9 Å². The van der Waals surface area contributed by atoms with Gasteiger partial charge in [0.15, 0.2) is 17.4 Å². The molecule has 2 rings (SSSR count). The maximum Gasteiger partial charge on any atom is 0.175 e. The molecule has 1 aliphatic heterocycles. The fourth-order valence-corrected chi connectivity index (χ4v) is 1.86. The lowest BCUT2D eigenvalue weighted by Gasteiger charge is -2.05. The van der Waals surface area contributed by atoms with Crippen molar-refractivity contribution in [1.82, 2.24) is 5.43 Å². The van der Waals surface area contributed by atoms with Crippen molar-refractivity contribution in [2.75, 3.05) is 5.43 Å². The molecule has 6 nitrogen and oxygen atoms in total. The van der Waals surface area contributed by atoms with E-state index in [0.717, 1.165) is 14.6 Å². The molecule has 1 aliphatic rings. The normalized spacial score (nSPS) is 16.9. The molecule has 17 heavy (non-hydrogen) atoms. The number of hydrazone groups is 2. The van der Waals surface area contributed by atoms with Crippen molar-refractivity contribution in [3.8, 4) is 0 Å². The number of rotatable bonds is 2. The van der Waals surface area contributed by atoms with E-state index in [-0.39, 0.29) is 17.4 Å². The Kier molecular flexibility index (Phi) is 3.43. The summed E-state index contributed by atoms with van der Waals surface area (Å²) in [6.07, 6.45) is 0. The van der Waals surface area contributed by atoms with Crippen molar-refractivity contribution in [2.24, 2.45) is 15.9 Å². The van der Waals surface area contributed by atoms with Gasteiger partial charge in [-0.1, -0.05) is 15.9 Å². The highest BCUT2D eigenvalue weighted by molar-refractivity contribution is 9.11. The first-order valence-corrected chi connectivity index (χ1v) is 6.14. The van der Waals surface area contributed by atoms with E-state index in [0.29, 0.717) is 0 Å². The molecule has 0 aromatic heterocycles. The second-order valence-electron chi connectivity index (χ2n) is 3.18. The summed E-state index contributed by atoms with van der Waals surface area (Å²) in [4.78, 5) is 0. The Balaban J connectivity index is 2.22. The minimum absolute atomic E-state index is 0.0705. The van der Waals surface area contributed by atoms with Crippen molar-refractivity contribution in [2.45, 2.75) is 0 Å². The second-order valence-corrected chi connectivity index (χ2v) is 4.95. The van der Waals surface area contributed by atoms with Gasteiger partial charge in [0, 0.05) is 8.95 Å². The quantitative estimate of drug-likeness (QED) is 0.606. The van der Waals surface area contributed by atoms with Crippen LogP contribution in [0.5, 0.6) is 0 Å². The Labute approximate surface area is 114 Å². The summed E-state index contributed by atoms with van der Waals surface area (Å²) >= 11 is 6.75. The zero-order valence-corrected chi connectivity index (χ0v) is 11.6. The van der Waals surface area contributed by atoms with Crippen molar-refractivity contribution in [3.05, 3.63) is 27.1 Å². The number of hydrogen-bond donors (Lipinski definition) is 4. The monoisotopic (exact) mass is 358 g/mol. The van der Waals surface area contributed by atoms with Gasteiger partial charge in [0.1, 0.15) is 0 Å². The largest absolute Gasteiger partial charge is 0.380 e. The molecule has 0 spiro atoms. The molecule has 0 bridgehead atoms. The van der Waals surface area contributed by atoms with Crippen LogP contribution in [-0.4, -0.2) is 17.4 Å². The molecule has 0 fully saturated rings. The van der Waals surface area contributed by atoms with Crippen LogP contribution in [0.2, 0.25) is 0 Å². The van der Waals surface area contributed by atoms with E-state index < -0.39 is 0 Å². The van der Waals surface area contributed by atoms with Gasteiger partial charge in [-0.2, -0.15) is 10.2 Å². The van der Waals surface area contributed by atoms with Crippen LogP contribution < -0.4 is 16.6 Å². The summed E-state index contributed by atoms with van der Waals surface area (Å²) in [5.41, 5.74) is 11.9. The second kappa shape index (κ2) is 4.84. The summed E-state index contributed by atoms with van der Waals surface area (Å²) < 4.78 is 1.78. The zero-order chi connectivity index (χ0) is 12.4. The lowest BCUT2D eigenvalue weighted by Crippen LogP contribution is -2.28. The van der Waals surface area contributed by atoms with Crippen molar-refractivity contribution >= 4 is 54.9 Å². The first-order valence-electron chi connectivity index (χ1n) is 4.55. The Hall–Kier alpha value is -1.41. The highest BCUT2D eigenvalue weighted by Gasteiger charge is 2.18. The Morgan fingerprint density at radius 2 is 2.18 bits per heavy atom. The van der Waals surface area contributed by atoms with Crippen molar-refractivity contribution < 1.29 is 0 Å². The topological polar surface area (TPSA) is 98.7 Å². The first kappa shape index (κ1) is 12.1. The molecular weight excluding hydrogens is 352 g/mol. The molecule has 0 aliphatic carbocycles. The molecule has 0 amide bonds. The molecule has 0 saturated heterocycles. The lowest BCUT2D eigenvalue weighted by atomic mass is 10.3. The molecule has 0 atom stereocenters.